The molecule has 0 radical (unpaired) electrons. The quantitative estimate of drug-likeness (QED) is 0.452. The monoisotopic (exact) mass is 224 g/mol. The van der Waals surface area contributed by atoms with E-state index in [1.165, 1.54) is 0 Å². The molecule has 0 aliphatic heterocycles. The molecule has 0 saturated heterocycles. The van der Waals surface area contributed by atoms with E-state index in [9.17, 15) is 23.3 Å². The van der Waals surface area contributed by atoms with E-state index in [2.05, 4.69) is 6.58 Å². The first kappa shape index (κ1) is 13.5. The van der Waals surface area contributed by atoms with Crippen LogP contribution in [0.25, 0.3) is 0 Å². The SMILES string of the molecule is C=CC(C)(N/C=C(\C)[N+](=O)[O-])C(F)(F)F. The maximum Gasteiger partial charge on any atom is 0.414 e. The first-order valence-electron chi connectivity index (χ1n) is 3.93. The third-order valence-corrected chi connectivity index (χ3v) is 1.87. The highest BCUT2D eigenvalue weighted by Gasteiger charge is 2.48. The van der Waals surface area contributed by atoms with E-state index in [0.717, 1.165) is 13.8 Å². The summed E-state index contributed by atoms with van der Waals surface area (Å²) in [5, 5.41) is 12.1. The molecule has 1 N–H and O–H groups in total. The molecule has 0 fully saturated rings. The molecule has 86 valence electrons. The van der Waals surface area contributed by atoms with E-state index in [1.807, 2.05) is 5.32 Å². The van der Waals surface area contributed by atoms with Crippen LogP contribution in [0.4, 0.5) is 13.2 Å². The Morgan fingerprint density at radius 3 is 2.27 bits per heavy atom. The summed E-state index contributed by atoms with van der Waals surface area (Å²) < 4.78 is 37.3. The Bertz CT molecular complexity index is 299. The van der Waals surface area contributed by atoms with Gasteiger partial charge in [-0.3, -0.25) is 10.1 Å². The molecule has 0 saturated carbocycles. The molecular formula is C8H11F3N2O2. The van der Waals surface area contributed by atoms with Crippen LogP contribution in [0, 0.1) is 10.1 Å². The van der Waals surface area contributed by atoms with Crippen LogP contribution < -0.4 is 5.32 Å². The second-order valence-electron chi connectivity index (χ2n) is 3.09. The summed E-state index contributed by atoms with van der Waals surface area (Å²) in [5.41, 5.74) is -2.78. The van der Waals surface area contributed by atoms with Crippen LogP contribution in [0.15, 0.2) is 24.6 Å². The summed E-state index contributed by atoms with van der Waals surface area (Å²) in [6.07, 6.45) is -3.21. The molecule has 0 aromatic rings. The average Bonchev–Trinajstić information content (AvgIpc) is 2.11. The third kappa shape index (κ3) is 3.26. The van der Waals surface area contributed by atoms with E-state index < -0.39 is 22.3 Å². The molecule has 0 rings (SSSR count). The highest BCUT2D eigenvalue weighted by Crippen LogP contribution is 2.30. The zero-order valence-electron chi connectivity index (χ0n) is 8.26. The first-order valence-corrected chi connectivity index (χ1v) is 3.93. The Labute approximate surface area is 84.6 Å². The molecular weight excluding hydrogens is 213 g/mol. The van der Waals surface area contributed by atoms with Gasteiger partial charge in [0.2, 0.25) is 0 Å². The van der Waals surface area contributed by atoms with Crippen molar-refractivity contribution in [1.29, 1.82) is 0 Å². The predicted molar refractivity (Wildman–Crippen MR) is 48.5 cm³/mol. The molecule has 0 heterocycles. The van der Waals surface area contributed by atoms with Crippen molar-refractivity contribution >= 4 is 0 Å². The zero-order chi connectivity index (χ0) is 12.3. The molecule has 0 spiro atoms. The summed E-state index contributed by atoms with van der Waals surface area (Å²) in [7, 11) is 0. The number of nitro groups is 1. The highest BCUT2D eigenvalue weighted by atomic mass is 19.4. The lowest BCUT2D eigenvalue weighted by Crippen LogP contribution is -2.50. The molecule has 7 heteroatoms. The van der Waals surface area contributed by atoms with Crippen molar-refractivity contribution < 1.29 is 18.1 Å². The van der Waals surface area contributed by atoms with Gasteiger partial charge in [-0.15, -0.1) is 6.58 Å². The molecule has 0 aliphatic rings. The summed E-state index contributed by atoms with van der Waals surface area (Å²) >= 11 is 0. The van der Waals surface area contributed by atoms with Crippen molar-refractivity contribution in [2.75, 3.05) is 0 Å². The number of nitrogens with one attached hydrogen (secondary N) is 1. The minimum Gasteiger partial charge on any atom is -0.369 e. The number of allylic oxidation sites excluding steroid dienone is 1. The van der Waals surface area contributed by atoms with Crippen LogP contribution in [0.5, 0.6) is 0 Å². The van der Waals surface area contributed by atoms with E-state index in [0.29, 0.717) is 12.3 Å². The number of halogens is 3. The topological polar surface area (TPSA) is 55.2 Å². The van der Waals surface area contributed by atoms with Crippen molar-refractivity contribution in [3.8, 4) is 0 Å². The normalized spacial score (nSPS) is 16.7. The number of rotatable bonds is 4. The van der Waals surface area contributed by atoms with Crippen LogP contribution in [-0.2, 0) is 0 Å². The minimum absolute atomic E-state index is 0.410. The second kappa shape index (κ2) is 4.33. The Kier molecular flexibility index (Phi) is 3.89. The predicted octanol–water partition coefficient (Wildman–Crippen LogP) is 2.22. The first-order chi connectivity index (χ1) is 6.64. The van der Waals surface area contributed by atoms with Gasteiger partial charge in [0.1, 0.15) is 5.54 Å². The summed E-state index contributed by atoms with van der Waals surface area (Å²) in [4.78, 5) is 9.36. The van der Waals surface area contributed by atoms with E-state index >= 15 is 0 Å². The maximum absolute atomic E-state index is 12.4. The standard InChI is InChI=1S/C8H11F3N2O2/c1-4-7(3,8(9,10)11)12-5-6(2)13(14)15/h4-5,12H,1H2,2-3H3/b6-5+. The van der Waals surface area contributed by atoms with Gasteiger partial charge in [-0.2, -0.15) is 13.2 Å². The van der Waals surface area contributed by atoms with Crippen LogP contribution in [0.3, 0.4) is 0 Å². The average molecular weight is 224 g/mol. The lowest BCUT2D eigenvalue weighted by molar-refractivity contribution is -0.424. The Hall–Kier alpha value is -1.53. The Morgan fingerprint density at radius 2 is 2.00 bits per heavy atom. The number of hydrogen-bond acceptors (Lipinski definition) is 3. The van der Waals surface area contributed by atoms with Gasteiger partial charge in [0, 0.05) is 6.92 Å². The smallest absolute Gasteiger partial charge is 0.369 e. The number of alkyl halides is 3. The maximum atomic E-state index is 12.4. The largest absolute Gasteiger partial charge is 0.414 e. The van der Waals surface area contributed by atoms with Crippen LogP contribution in [0.1, 0.15) is 13.8 Å². The Balaban J connectivity index is 4.83. The highest BCUT2D eigenvalue weighted by molar-refractivity contribution is 5.08. The van der Waals surface area contributed by atoms with Crippen molar-refractivity contribution in [3.63, 3.8) is 0 Å². The van der Waals surface area contributed by atoms with Crippen molar-refractivity contribution in [3.05, 3.63) is 34.7 Å². The lowest BCUT2D eigenvalue weighted by atomic mass is 10.0. The van der Waals surface area contributed by atoms with Crippen molar-refractivity contribution in [2.24, 2.45) is 0 Å². The molecule has 1 unspecified atom stereocenters. The molecule has 1 atom stereocenters. The van der Waals surface area contributed by atoms with Gasteiger partial charge >= 0.3 is 6.18 Å². The fourth-order valence-corrected chi connectivity index (χ4v) is 0.564. The Morgan fingerprint density at radius 1 is 1.53 bits per heavy atom. The van der Waals surface area contributed by atoms with Gasteiger partial charge in [0.25, 0.3) is 5.70 Å². The van der Waals surface area contributed by atoms with Crippen LogP contribution in [-0.4, -0.2) is 16.6 Å². The van der Waals surface area contributed by atoms with Gasteiger partial charge < -0.3 is 5.32 Å². The lowest BCUT2D eigenvalue weighted by Gasteiger charge is -2.28. The van der Waals surface area contributed by atoms with Gasteiger partial charge in [-0.05, 0) is 6.92 Å². The third-order valence-electron chi connectivity index (χ3n) is 1.87. The second-order valence-corrected chi connectivity index (χ2v) is 3.09. The fourth-order valence-electron chi connectivity index (χ4n) is 0.564. The van der Waals surface area contributed by atoms with Crippen LogP contribution in [0.2, 0.25) is 0 Å². The van der Waals surface area contributed by atoms with E-state index in [1.54, 1.807) is 0 Å². The molecule has 0 aromatic heterocycles. The minimum atomic E-state index is -4.57. The van der Waals surface area contributed by atoms with Gasteiger partial charge in [-0.1, -0.05) is 6.08 Å². The van der Waals surface area contributed by atoms with Gasteiger partial charge in [0.05, 0.1) is 11.1 Å². The van der Waals surface area contributed by atoms with Crippen molar-refractivity contribution in [2.45, 2.75) is 25.6 Å². The van der Waals surface area contributed by atoms with Crippen LogP contribution >= 0.6 is 0 Å². The van der Waals surface area contributed by atoms with E-state index in [4.69, 9.17) is 0 Å². The zero-order valence-corrected chi connectivity index (χ0v) is 8.26. The molecule has 0 aliphatic carbocycles. The number of nitrogens with zero attached hydrogens (tertiary/aromatic N) is 1. The molecule has 15 heavy (non-hydrogen) atoms. The van der Waals surface area contributed by atoms with Gasteiger partial charge in [0.15, 0.2) is 0 Å². The van der Waals surface area contributed by atoms with E-state index in [-0.39, 0.29) is 0 Å². The summed E-state index contributed by atoms with van der Waals surface area (Å²) in [5.74, 6) is 0. The number of hydrogen-bond donors (Lipinski definition) is 1. The molecule has 0 aromatic carbocycles. The summed E-state index contributed by atoms with van der Waals surface area (Å²) in [6, 6.07) is 0. The molecule has 0 amide bonds. The summed E-state index contributed by atoms with van der Waals surface area (Å²) in [6.45, 7) is 4.97. The molecule has 0 bridgehead atoms. The fraction of sp³-hybridized carbons (Fsp3) is 0.500. The van der Waals surface area contributed by atoms with Crippen molar-refractivity contribution in [1.82, 2.24) is 5.32 Å². The molecule has 4 nitrogen and oxygen atoms in total. The van der Waals surface area contributed by atoms with Gasteiger partial charge in [-0.25, -0.2) is 0 Å².